The Morgan fingerprint density at radius 1 is 0.825 bits per heavy atom. The number of aromatic nitrogens is 1. The minimum absolute atomic E-state index is 0.0347. The summed E-state index contributed by atoms with van der Waals surface area (Å²) in [6.07, 6.45) is 0. The Bertz CT molecular complexity index is 1830. The van der Waals surface area contributed by atoms with Crippen molar-refractivity contribution in [2.24, 2.45) is 0 Å². The zero-order valence-electron chi connectivity index (χ0n) is 22.2. The maximum atomic E-state index is 14.3. The molecule has 6 rings (SSSR count). The fraction of sp³-hybridized carbons (Fsp3) is 0.200. The van der Waals surface area contributed by atoms with Crippen molar-refractivity contribution in [1.82, 2.24) is 3.97 Å². The van der Waals surface area contributed by atoms with E-state index in [1.165, 1.54) is 30.3 Å². The third-order valence-electron chi connectivity index (χ3n) is 7.81. The van der Waals surface area contributed by atoms with Crippen LogP contribution < -0.4 is 9.64 Å². The van der Waals surface area contributed by atoms with E-state index in [2.05, 4.69) is 0 Å². The van der Waals surface area contributed by atoms with Crippen LogP contribution in [0.15, 0.2) is 94.9 Å². The van der Waals surface area contributed by atoms with Gasteiger partial charge in [0, 0.05) is 16.6 Å². The molecule has 10 heteroatoms. The number of fused-ring (bicyclic) bond motifs is 7. The Kier molecular flexibility index (Phi) is 5.77. The smallest absolute Gasteiger partial charge is 0.337 e. The van der Waals surface area contributed by atoms with E-state index >= 15 is 0 Å². The summed E-state index contributed by atoms with van der Waals surface area (Å²) in [6, 6.07) is 21.4. The van der Waals surface area contributed by atoms with E-state index in [9.17, 15) is 18.0 Å². The van der Waals surface area contributed by atoms with Crippen molar-refractivity contribution in [3.8, 4) is 5.75 Å². The molecule has 3 aromatic carbocycles. The quantitative estimate of drug-likeness (QED) is 0.323. The highest BCUT2D eigenvalue weighted by atomic mass is 32.2. The van der Waals surface area contributed by atoms with Crippen LogP contribution in [-0.4, -0.2) is 45.7 Å². The van der Waals surface area contributed by atoms with Gasteiger partial charge in [0.1, 0.15) is 11.8 Å². The number of rotatable bonds is 6. The van der Waals surface area contributed by atoms with Crippen LogP contribution in [0.4, 0.5) is 5.69 Å². The molecule has 1 aromatic heterocycles. The molecule has 0 saturated carbocycles. The van der Waals surface area contributed by atoms with Gasteiger partial charge in [-0.25, -0.2) is 22.0 Å². The monoisotopic (exact) mass is 558 g/mol. The van der Waals surface area contributed by atoms with Crippen molar-refractivity contribution in [2.45, 2.75) is 23.4 Å². The molecule has 4 aromatic rings. The highest BCUT2D eigenvalue weighted by Gasteiger charge is 2.64. The van der Waals surface area contributed by atoms with E-state index in [4.69, 9.17) is 14.2 Å². The number of hydrogen-bond donors (Lipinski definition) is 0. The molecule has 2 aliphatic heterocycles. The maximum absolute atomic E-state index is 14.3. The molecule has 0 amide bonds. The Balaban J connectivity index is 1.75. The molecule has 0 radical (unpaired) electrons. The van der Waals surface area contributed by atoms with E-state index in [0.29, 0.717) is 33.6 Å². The Hall–Kier alpha value is -4.57. The Labute approximate surface area is 231 Å². The van der Waals surface area contributed by atoms with E-state index < -0.39 is 33.5 Å². The largest absolute Gasteiger partial charge is 0.497 e. The number of ether oxygens (including phenoxy) is 3. The summed E-state index contributed by atoms with van der Waals surface area (Å²) in [5.41, 5.74) is 0.938. The second-order valence-corrected chi connectivity index (χ2v) is 11.5. The van der Waals surface area contributed by atoms with Gasteiger partial charge >= 0.3 is 11.9 Å². The zero-order valence-corrected chi connectivity index (χ0v) is 23.1. The highest BCUT2D eigenvalue weighted by Crippen LogP contribution is 2.64. The van der Waals surface area contributed by atoms with Crippen LogP contribution in [0.3, 0.4) is 0 Å². The van der Waals surface area contributed by atoms with Gasteiger partial charge in [0.15, 0.2) is 0 Å². The number of benzene rings is 3. The second kappa shape index (κ2) is 8.99. The summed E-state index contributed by atoms with van der Waals surface area (Å²) < 4.78 is 45.6. The zero-order chi connectivity index (χ0) is 28.4. The van der Waals surface area contributed by atoms with E-state index in [0.717, 1.165) is 0 Å². The van der Waals surface area contributed by atoms with Gasteiger partial charge in [0.2, 0.25) is 0 Å². The number of para-hydroxylation sites is 1. The molecule has 0 fully saturated rings. The van der Waals surface area contributed by atoms with Crippen LogP contribution in [0.5, 0.6) is 5.75 Å². The molecular weight excluding hydrogens is 532 g/mol. The summed E-state index contributed by atoms with van der Waals surface area (Å²) in [5, 5.41) is 0.644. The van der Waals surface area contributed by atoms with Crippen molar-refractivity contribution >= 4 is 38.6 Å². The van der Waals surface area contributed by atoms with Crippen LogP contribution >= 0.6 is 0 Å². The van der Waals surface area contributed by atoms with E-state index in [1.807, 2.05) is 36.1 Å². The summed E-state index contributed by atoms with van der Waals surface area (Å²) in [7, 11) is -0.0950. The SMILES string of the molecule is COC(=O)C1=C(C(=O)OC)[C@@]2(C)c3c(n(S(=O)(=O)c4ccccc4)c4ccccc34)[C@@H]1N2c1ccc(OC)cc1. The summed E-state index contributed by atoms with van der Waals surface area (Å²) in [5.74, 6) is -0.821. The molecular formula is C30H26N2O7S. The average Bonchev–Trinajstić information content (AvgIpc) is 3.57. The molecule has 9 nitrogen and oxygen atoms in total. The molecule has 0 spiro atoms. The number of hydrogen-bond acceptors (Lipinski definition) is 8. The minimum Gasteiger partial charge on any atom is -0.497 e. The van der Waals surface area contributed by atoms with Crippen molar-refractivity contribution in [1.29, 1.82) is 0 Å². The number of carbonyl (C=O) groups is 2. The van der Waals surface area contributed by atoms with E-state index in [-0.39, 0.29) is 16.0 Å². The predicted molar refractivity (Wildman–Crippen MR) is 148 cm³/mol. The fourth-order valence-electron chi connectivity index (χ4n) is 6.24. The number of esters is 2. The number of anilines is 1. The average molecular weight is 559 g/mol. The molecule has 3 heterocycles. The van der Waals surface area contributed by atoms with Crippen molar-refractivity contribution in [3.63, 3.8) is 0 Å². The highest BCUT2D eigenvalue weighted by molar-refractivity contribution is 7.90. The van der Waals surface area contributed by atoms with Crippen molar-refractivity contribution in [3.05, 3.63) is 101 Å². The molecule has 2 aliphatic rings. The summed E-state index contributed by atoms with van der Waals surface area (Å²) in [4.78, 5) is 28.8. The van der Waals surface area contributed by atoms with Gasteiger partial charge in [-0.2, -0.15) is 0 Å². The standard InChI is InChI=1S/C30H26N2O7S/c1-30-24-21-12-8-9-13-22(21)32(40(35,36)20-10-6-5-7-11-20)27(24)26(23(28(33)38-3)25(30)29(34)39-4)31(30)18-14-16-19(37-2)17-15-18/h5-17,26H,1-4H3/t26-,30-/m1/s1. The lowest BCUT2D eigenvalue weighted by Gasteiger charge is -2.36. The van der Waals surface area contributed by atoms with Crippen LogP contribution in [0.25, 0.3) is 10.9 Å². The second-order valence-electron chi connectivity index (χ2n) is 9.67. The minimum atomic E-state index is -4.13. The Morgan fingerprint density at radius 3 is 2.08 bits per heavy atom. The van der Waals surface area contributed by atoms with Gasteiger partial charge in [-0.1, -0.05) is 36.4 Å². The molecule has 0 saturated heterocycles. The van der Waals surface area contributed by atoms with Crippen LogP contribution in [0.1, 0.15) is 24.2 Å². The van der Waals surface area contributed by atoms with Crippen molar-refractivity contribution in [2.75, 3.05) is 26.2 Å². The maximum Gasteiger partial charge on any atom is 0.337 e. The molecule has 0 aliphatic carbocycles. The Morgan fingerprint density at radius 2 is 1.45 bits per heavy atom. The van der Waals surface area contributed by atoms with Gasteiger partial charge in [-0.05, 0) is 49.4 Å². The first kappa shape index (κ1) is 25.7. The molecule has 0 N–H and O–H groups in total. The van der Waals surface area contributed by atoms with Crippen LogP contribution in [-0.2, 0) is 34.6 Å². The van der Waals surface area contributed by atoms with Gasteiger partial charge < -0.3 is 19.1 Å². The van der Waals surface area contributed by atoms with Gasteiger partial charge in [0.25, 0.3) is 10.0 Å². The number of nitrogens with zero attached hydrogens (tertiary/aromatic N) is 2. The lowest BCUT2D eigenvalue weighted by Crippen LogP contribution is -2.39. The van der Waals surface area contributed by atoms with Crippen molar-refractivity contribution < 1.29 is 32.2 Å². The third-order valence-corrected chi connectivity index (χ3v) is 9.55. The predicted octanol–water partition coefficient (Wildman–Crippen LogP) is 4.32. The molecule has 2 atom stereocenters. The first-order valence-corrected chi connectivity index (χ1v) is 13.9. The van der Waals surface area contributed by atoms with Crippen LogP contribution in [0.2, 0.25) is 0 Å². The van der Waals surface area contributed by atoms with E-state index in [1.54, 1.807) is 49.6 Å². The summed E-state index contributed by atoms with van der Waals surface area (Å²) >= 11 is 0. The number of methoxy groups -OCH3 is 3. The van der Waals surface area contributed by atoms with Gasteiger partial charge in [-0.15, -0.1) is 0 Å². The lowest BCUT2D eigenvalue weighted by molar-refractivity contribution is -0.139. The van der Waals surface area contributed by atoms with Crippen LogP contribution in [0, 0.1) is 0 Å². The first-order chi connectivity index (χ1) is 19.2. The molecule has 40 heavy (non-hydrogen) atoms. The first-order valence-electron chi connectivity index (χ1n) is 12.5. The number of carbonyl (C=O) groups excluding carboxylic acids is 2. The fourth-order valence-corrected chi connectivity index (χ4v) is 7.82. The molecule has 204 valence electrons. The summed E-state index contributed by atoms with van der Waals surface area (Å²) in [6.45, 7) is 1.81. The van der Waals surface area contributed by atoms with Gasteiger partial charge in [-0.3, -0.25) is 0 Å². The third kappa shape index (κ3) is 3.22. The topological polar surface area (TPSA) is 104 Å². The lowest BCUT2D eigenvalue weighted by atomic mass is 9.79. The molecule has 0 unspecified atom stereocenters. The normalized spacial score (nSPS) is 19.6. The van der Waals surface area contributed by atoms with Gasteiger partial charge in [0.05, 0.1) is 54.1 Å². The molecule has 2 bridgehead atoms.